The van der Waals surface area contributed by atoms with E-state index in [1.807, 2.05) is 0 Å². The maximum Gasteiger partial charge on any atom is 0.357 e. The lowest BCUT2D eigenvalue weighted by Gasteiger charge is -2.27. The first-order valence-electron chi connectivity index (χ1n) is 6.61. The summed E-state index contributed by atoms with van der Waals surface area (Å²) in [5.74, 6) is 0.477. The molecule has 18 heavy (non-hydrogen) atoms. The zero-order chi connectivity index (χ0) is 13.0. The SMILES string of the molecule is CCC1CCC(CNc2nc(C(=O)O)co2)CC1. The van der Waals surface area contributed by atoms with Crippen LogP contribution in [0.3, 0.4) is 0 Å². The van der Waals surface area contributed by atoms with Gasteiger partial charge in [-0.1, -0.05) is 26.2 Å². The number of oxazole rings is 1. The Kier molecular flexibility index (Phi) is 4.23. The molecule has 0 atom stereocenters. The summed E-state index contributed by atoms with van der Waals surface area (Å²) in [5.41, 5.74) is -0.0489. The van der Waals surface area contributed by atoms with Gasteiger partial charge in [0, 0.05) is 6.54 Å². The van der Waals surface area contributed by atoms with E-state index in [1.54, 1.807) is 0 Å². The van der Waals surface area contributed by atoms with Crippen LogP contribution in [0.15, 0.2) is 10.7 Å². The molecule has 1 aliphatic rings. The van der Waals surface area contributed by atoms with Crippen molar-refractivity contribution in [2.24, 2.45) is 11.8 Å². The summed E-state index contributed by atoms with van der Waals surface area (Å²) in [7, 11) is 0. The van der Waals surface area contributed by atoms with Crippen molar-refractivity contribution in [3.8, 4) is 0 Å². The number of aromatic carboxylic acids is 1. The standard InChI is InChI=1S/C13H20N2O3/c1-2-9-3-5-10(6-4-9)7-14-13-15-11(8-18-13)12(16)17/h8-10H,2-7H2,1H3,(H,14,15)(H,16,17). The van der Waals surface area contributed by atoms with Crippen LogP contribution in [0.2, 0.25) is 0 Å². The van der Waals surface area contributed by atoms with E-state index in [4.69, 9.17) is 9.52 Å². The van der Waals surface area contributed by atoms with Crippen molar-refractivity contribution in [1.29, 1.82) is 0 Å². The maximum absolute atomic E-state index is 10.6. The van der Waals surface area contributed by atoms with Crippen LogP contribution >= 0.6 is 0 Å². The first kappa shape index (κ1) is 12.9. The second-order valence-corrected chi connectivity index (χ2v) is 5.02. The monoisotopic (exact) mass is 252 g/mol. The number of hydrogen-bond donors (Lipinski definition) is 2. The molecule has 0 spiro atoms. The molecule has 1 heterocycles. The highest BCUT2D eigenvalue weighted by Crippen LogP contribution is 2.30. The van der Waals surface area contributed by atoms with Crippen LogP contribution in [-0.4, -0.2) is 22.6 Å². The lowest BCUT2D eigenvalue weighted by atomic mass is 9.81. The van der Waals surface area contributed by atoms with Crippen molar-refractivity contribution in [3.05, 3.63) is 12.0 Å². The molecule has 0 saturated heterocycles. The minimum Gasteiger partial charge on any atom is -0.476 e. The van der Waals surface area contributed by atoms with Crippen molar-refractivity contribution in [1.82, 2.24) is 4.98 Å². The zero-order valence-electron chi connectivity index (χ0n) is 10.7. The van der Waals surface area contributed by atoms with E-state index in [-0.39, 0.29) is 5.69 Å². The Bertz CT molecular complexity index is 395. The molecule has 1 saturated carbocycles. The quantitative estimate of drug-likeness (QED) is 0.842. The number of nitrogens with one attached hydrogen (secondary N) is 1. The van der Waals surface area contributed by atoms with E-state index >= 15 is 0 Å². The summed E-state index contributed by atoms with van der Waals surface area (Å²) in [4.78, 5) is 14.5. The Morgan fingerprint density at radius 2 is 2.11 bits per heavy atom. The molecular formula is C13H20N2O3. The molecule has 0 amide bonds. The molecule has 2 N–H and O–H groups in total. The van der Waals surface area contributed by atoms with Crippen LogP contribution in [0.4, 0.5) is 6.01 Å². The summed E-state index contributed by atoms with van der Waals surface area (Å²) in [5, 5.41) is 11.8. The van der Waals surface area contributed by atoms with Crippen molar-refractivity contribution < 1.29 is 14.3 Å². The summed E-state index contributed by atoms with van der Waals surface area (Å²) >= 11 is 0. The molecule has 0 unspecified atom stereocenters. The largest absolute Gasteiger partial charge is 0.476 e. The molecule has 0 radical (unpaired) electrons. The van der Waals surface area contributed by atoms with Gasteiger partial charge in [0.05, 0.1) is 0 Å². The fourth-order valence-electron chi connectivity index (χ4n) is 2.53. The third kappa shape index (κ3) is 3.24. The molecule has 2 rings (SSSR count). The zero-order valence-corrected chi connectivity index (χ0v) is 10.7. The number of hydrogen-bond acceptors (Lipinski definition) is 4. The molecule has 5 heteroatoms. The summed E-state index contributed by atoms with van der Waals surface area (Å²) in [6, 6.07) is 0.310. The topological polar surface area (TPSA) is 75.4 Å². The van der Waals surface area contributed by atoms with Crippen molar-refractivity contribution in [2.45, 2.75) is 39.0 Å². The van der Waals surface area contributed by atoms with Gasteiger partial charge in [-0.25, -0.2) is 4.79 Å². The molecule has 5 nitrogen and oxygen atoms in total. The van der Waals surface area contributed by atoms with Crippen molar-refractivity contribution in [2.75, 3.05) is 11.9 Å². The van der Waals surface area contributed by atoms with Gasteiger partial charge < -0.3 is 14.8 Å². The Hall–Kier alpha value is -1.52. The molecule has 0 aliphatic heterocycles. The van der Waals surface area contributed by atoms with Gasteiger partial charge in [-0.3, -0.25) is 0 Å². The van der Waals surface area contributed by atoms with E-state index in [0.717, 1.165) is 12.5 Å². The Morgan fingerprint density at radius 3 is 2.67 bits per heavy atom. The van der Waals surface area contributed by atoms with Gasteiger partial charge >= 0.3 is 5.97 Å². The molecule has 0 aromatic carbocycles. The van der Waals surface area contributed by atoms with Crippen LogP contribution < -0.4 is 5.32 Å². The molecule has 1 aromatic heterocycles. The number of carboxylic acid groups (broad SMARTS) is 1. The Morgan fingerprint density at radius 1 is 1.44 bits per heavy atom. The van der Waals surface area contributed by atoms with E-state index < -0.39 is 5.97 Å². The summed E-state index contributed by atoms with van der Waals surface area (Å²) < 4.78 is 5.06. The average Bonchev–Trinajstić information content (AvgIpc) is 2.86. The molecule has 1 aliphatic carbocycles. The summed E-state index contributed by atoms with van der Waals surface area (Å²) in [6.45, 7) is 3.07. The van der Waals surface area contributed by atoms with Gasteiger partial charge in [0.2, 0.25) is 0 Å². The van der Waals surface area contributed by atoms with E-state index in [9.17, 15) is 4.79 Å². The highest BCUT2D eigenvalue weighted by Gasteiger charge is 2.20. The van der Waals surface area contributed by atoms with E-state index in [0.29, 0.717) is 11.9 Å². The smallest absolute Gasteiger partial charge is 0.357 e. The number of rotatable bonds is 5. The van der Waals surface area contributed by atoms with Crippen molar-refractivity contribution >= 4 is 12.0 Å². The molecular weight excluding hydrogens is 232 g/mol. The third-order valence-corrected chi connectivity index (χ3v) is 3.81. The predicted molar refractivity (Wildman–Crippen MR) is 67.7 cm³/mol. The Balaban J connectivity index is 1.76. The second-order valence-electron chi connectivity index (χ2n) is 5.02. The van der Waals surface area contributed by atoms with Crippen LogP contribution in [0.25, 0.3) is 0 Å². The highest BCUT2D eigenvalue weighted by atomic mass is 16.4. The minimum atomic E-state index is -1.06. The normalized spacial score (nSPS) is 23.8. The summed E-state index contributed by atoms with van der Waals surface area (Å²) in [6.07, 6.45) is 7.51. The van der Waals surface area contributed by atoms with Gasteiger partial charge in [-0.15, -0.1) is 0 Å². The second kappa shape index (κ2) is 5.89. The van der Waals surface area contributed by atoms with Gasteiger partial charge in [0.15, 0.2) is 5.69 Å². The van der Waals surface area contributed by atoms with Crippen LogP contribution in [0, 0.1) is 11.8 Å². The van der Waals surface area contributed by atoms with Crippen LogP contribution in [0.1, 0.15) is 49.5 Å². The van der Waals surface area contributed by atoms with E-state index in [1.165, 1.54) is 38.4 Å². The first-order chi connectivity index (χ1) is 8.69. The maximum atomic E-state index is 10.6. The predicted octanol–water partition coefficient (Wildman–Crippen LogP) is 3.00. The van der Waals surface area contributed by atoms with Gasteiger partial charge in [-0.2, -0.15) is 4.98 Å². The number of aromatic nitrogens is 1. The fourth-order valence-corrected chi connectivity index (χ4v) is 2.53. The van der Waals surface area contributed by atoms with E-state index in [2.05, 4.69) is 17.2 Å². The Labute approximate surface area is 107 Å². The minimum absolute atomic E-state index is 0.0489. The molecule has 100 valence electrons. The van der Waals surface area contributed by atoms with Gasteiger partial charge in [-0.05, 0) is 24.7 Å². The molecule has 1 fully saturated rings. The fraction of sp³-hybridized carbons (Fsp3) is 0.692. The van der Waals surface area contributed by atoms with Crippen LogP contribution in [0.5, 0.6) is 0 Å². The first-order valence-corrected chi connectivity index (χ1v) is 6.61. The third-order valence-electron chi connectivity index (χ3n) is 3.81. The van der Waals surface area contributed by atoms with Gasteiger partial charge in [0.25, 0.3) is 6.01 Å². The number of carbonyl (C=O) groups is 1. The van der Waals surface area contributed by atoms with Crippen molar-refractivity contribution in [3.63, 3.8) is 0 Å². The average molecular weight is 252 g/mol. The van der Waals surface area contributed by atoms with Gasteiger partial charge in [0.1, 0.15) is 6.26 Å². The lowest BCUT2D eigenvalue weighted by Crippen LogP contribution is -2.21. The number of carboxylic acids is 1. The highest BCUT2D eigenvalue weighted by molar-refractivity contribution is 5.85. The molecule has 0 bridgehead atoms. The molecule has 1 aromatic rings. The van der Waals surface area contributed by atoms with Crippen LogP contribution in [-0.2, 0) is 0 Å². The lowest BCUT2D eigenvalue weighted by molar-refractivity contribution is 0.0690. The number of nitrogens with zero attached hydrogens (tertiary/aromatic N) is 1. The number of anilines is 1.